The van der Waals surface area contributed by atoms with Crippen LogP contribution in [0.1, 0.15) is 11.1 Å². The van der Waals surface area contributed by atoms with Crippen LogP contribution in [0.2, 0.25) is 0 Å². The highest BCUT2D eigenvalue weighted by atomic mass is 16.4. The average Bonchev–Trinajstić information content (AvgIpc) is 2.98. The van der Waals surface area contributed by atoms with Gasteiger partial charge in [-0.15, -0.1) is 0 Å². The highest BCUT2D eigenvalue weighted by Gasteiger charge is 2.15. The Hall–Kier alpha value is -3.08. The van der Waals surface area contributed by atoms with E-state index >= 15 is 0 Å². The molecule has 1 aromatic heterocycles. The Balaban J connectivity index is 1.68. The molecule has 3 aromatic rings. The van der Waals surface area contributed by atoms with Crippen molar-refractivity contribution >= 4 is 22.8 Å². The second kappa shape index (κ2) is 7.00. The monoisotopic (exact) mass is 321 g/mol. The molecular weight excluding hydrogens is 304 g/mol. The molecule has 1 amide bonds. The number of fused-ring (bicyclic) bond motifs is 1. The zero-order valence-electron chi connectivity index (χ0n) is 13.0. The summed E-state index contributed by atoms with van der Waals surface area (Å²) in [5, 5.41) is 14.8. The third kappa shape index (κ3) is 3.63. The van der Waals surface area contributed by atoms with Gasteiger partial charge in [-0.1, -0.05) is 48.5 Å². The van der Waals surface area contributed by atoms with E-state index in [1.807, 2.05) is 54.6 Å². The zero-order chi connectivity index (χ0) is 16.9. The zero-order valence-corrected chi connectivity index (χ0v) is 13.0. The Morgan fingerprint density at radius 3 is 2.50 bits per heavy atom. The maximum atomic E-state index is 12.2. The lowest BCUT2D eigenvalue weighted by atomic mass is 10.1. The average molecular weight is 321 g/mol. The lowest BCUT2D eigenvalue weighted by Crippen LogP contribution is -2.49. The summed E-state index contributed by atoms with van der Waals surface area (Å²) in [6.45, 7) is 0. The van der Waals surface area contributed by atoms with Gasteiger partial charge in [0, 0.05) is 17.1 Å². The van der Waals surface area contributed by atoms with Crippen LogP contribution in [0, 0.1) is 0 Å². The minimum atomic E-state index is -1.29. The largest absolute Gasteiger partial charge is 0.548 e. The van der Waals surface area contributed by atoms with Crippen molar-refractivity contribution in [3.8, 4) is 0 Å². The molecule has 5 heteroatoms. The van der Waals surface area contributed by atoms with E-state index in [1.54, 1.807) is 6.20 Å². The summed E-state index contributed by atoms with van der Waals surface area (Å²) in [4.78, 5) is 26.7. The number of aromatic nitrogens is 1. The quantitative estimate of drug-likeness (QED) is 0.715. The molecule has 3 rings (SSSR count). The summed E-state index contributed by atoms with van der Waals surface area (Å²) in [6.07, 6.45) is 2.08. The van der Waals surface area contributed by atoms with E-state index in [2.05, 4.69) is 10.3 Å². The number of H-pyrrole nitrogens is 1. The molecule has 24 heavy (non-hydrogen) atoms. The Morgan fingerprint density at radius 2 is 1.75 bits per heavy atom. The van der Waals surface area contributed by atoms with Gasteiger partial charge in [-0.2, -0.15) is 0 Å². The normalized spacial score (nSPS) is 12.0. The maximum Gasteiger partial charge on any atom is 0.225 e. The fourth-order valence-corrected chi connectivity index (χ4v) is 2.74. The molecule has 1 atom stereocenters. The van der Waals surface area contributed by atoms with Gasteiger partial charge >= 0.3 is 0 Å². The third-order valence-corrected chi connectivity index (χ3v) is 3.93. The van der Waals surface area contributed by atoms with Crippen LogP contribution in [0.5, 0.6) is 0 Å². The predicted molar refractivity (Wildman–Crippen MR) is 89.1 cm³/mol. The number of aromatic amines is 1. The SMILES string of the molecule is O=C(Cc1c[nH]c2ccccc12)NC(Cc1ccccc1)C(=O)[O-]. The van der Waals surface area contributed by atoms with Gasteiger partial charge in [0.15, 0.2) is 0 Å². The lowest BCUT2D eigenvalue weighted by molar-refractivity contribution is -0.308. The number of aliphatic carboxylic acids is 1. The molecule has 0 fully saturated rings. The van der Waals surface area contributed by atoms with Crippen LogP contribution in [-0.4, -0.2) is 22.9 Å². The first-order valence-corrected chi connectivity index (χ1v) is 7.72. The van der Waals surface area contributed by atoms with E-state index in [0.29, 0.717) is 0 Å². The summed E-state index contributed by atoms with van der Waals surface area (Å²) >= 11 is 0. The van der Waals surface area contributed by atoms with Crippen molar-refractivity contribution < 1.29 is 14.7 Å². The van der Waals surface area contributed by atoms with E-state index in [0.717, 1.165) is 22.0 Å². The molecule has 0 spiro atoms. The van der Waals surface area contributed by atoms with Crippen molar-refractivity contribution in [3.63, 3.8) is 0 Å². The van der Waals surface area contributed by atoms with Crippen molar-refractivity contribution in [2.45, 2.75) is 18.9 Å². The van der Waals surface area contributed by atoms with Crippen LogP contribution in [0.25, 0.3) is 10.9 Å². The number of carbonyl (C=O) groups excluding carboxylic acids is 2. The molecule has 0 aliphatic rings. The Bertz CT molecular complexity index is 855. The first-order chi connectivity index (χ1) is 11.6. The number of benzene rings is 2. The van der Waals surface area contributed by atoms with Gasteiger partial charge in [0.1, 0.15) is 0 Å². The van der Waals surface area contributed by atoms with Crippen molar-refractivity contribution in [1.29, 1.82) is 0 Å². The van der Waals surface area contributed by atoms with Crippen molar-refractivity contribution in [3.05, 3.63) is 71.9 Å². The topological polar surface area (TPSA) is 85.0 Å². The fraction of sp³-hybridized carbons (Fsp3) is 0.158. The van der Waals surface area contributed by atoms with E-state index < -0.39 is 12.0 Å². The summed E-state index contributed by atoms with van der Waals surface area (Å²) in [5.74, 6) is -1.63. The van der Waals surface area contributed by atoms with Gasteiger partial charge in [-0.25, -0.2) is 0 Å². The van der Waals surface area contributed by atoms with Crippen molar-refractivity contribution in [2.24, 2.45) is 0 Å². The fourth-order valence-electron chi connectivity index (χ4n) is 2.74. The van der Waals surface area contributed by atoms with Crippen LogP contribution in [0.3, 0.4) is 0 Å². The molecule has 2 N–H and O–H groups in total. The number of rotatable bonds is 6. The Morgan fingerprint density at radius 1 is 1.04 bits per heavy atom. The minimum Gasteiger partial charge on any atom is -0.548 e. The summed E-state index contributed by atoms with van der Waals surface area (Å²) in [5.41, 5.74) is 2.61. The lowest BCUT2D eigenvalue weighted by Gasteiger charge is -2.19. The molecule has 5 nitrogen and oxygen atoms in total. The number of carbonyl (C=O) groups is 2. The van der Waals surface area contributed by atoms with Gasteiger partial charge in [-0.3, -0.25) is 4.79 Å². The number of amides is 1. The molecule has 0 aliphatic carbocycles. The summed E-state index contributed by atoms with van der Waals surface area (Å²) < 4.78 is 0. The number of carboxylic acid groups (broad SMARTS) is 1. The molecule has 1 unspecified atom stereocenters. The third-order valence-electron chi connectivity index (χ3n) is 3.93. The van der Waals surface area contributed by atoms with Gasteiger partial charge in [0.2, 0.25) is 5.91 Å². The maximum absolute atomic E-state index is 12.2. The van der Waals surface area contributed by atoms with E-state index in [1.165, 1.54) is 0 Å². The van der Waals surface area contributed by atoms with E-state index in [-0.39, 0.29) is 18.7 Å². The molecule has 0 bridgehead atoms. The van der Waals surface area contributed by atoms with Gasteiger partial charge in [-0.05, 0) is 23.6 Å². The smallest absolute Gasteiger partial charge is 0.225 e. The van der Waals surface area contributed by atoms with Crippen LogP contribution in [-0.2, 0) is 22.4 Å². The number of hydrogen-bond acceptors (Lipinski definition) is 3. The van der Waals surface area contributed by atoms with Gasteiger partial charge in [0.05, 0.1) is 18.4 Å². The molecule has 2 aromatic carbocycles. The first-order valence-electron chi connectivity index (χ1n) is 7.72. The summed E-state index contributed by atoms with van der Waals surface area (Å²) in [6, 6.07) is 15.8. The molecule has 122 valence electrons. The Kier molecular flexibility index (Phi) is 4.61. The number of hydrogen-bond donors (Lipinski definition) is 2. The standard InChI is InChI=1S/C19H18N2O3/c22-18(11-14-12-20-16-9-5-4-8-15(14)16)21-17(19(23)24)10-13-6-2-1-3-7-13/h1-9,12,17,20H,10-11H2,(H,21,22)(H,23,24)/p-1. The highest BCUT2D eigenvalue weighted by Crippen LogP contribution is 2.18. The first kappa shape index (κ1) is 15.8. The minimum absolute atomic E-state index is 0.114. The molecule has 0 radical (unpaired) electrons. The molecule has 0 saturated heterocycles. The van der Waals surface area contributed by atoms with Crippen LogP contribution in [0.15, 0.2) is 60.8 Å². The molecule has 0 saturated carbocycles. The predicted octanol–water partition coefficient (Wildman–Crippen LogP) is 1.19. The van der Waals surface area contributed by atoms with Crippen molar-refractivity contribution in [1.82, 2.24) is 10.3 Å². The number of nitrogens with one attached hydrogen (secondary N) is 2. The van der Waals surface area contributed by atoms with Crippen LogP contribution in [0.4, 0.5) is 0 Å². The molecular formula is C19H17N2O3-. The second-order valence-corrected chi connectivity index (χ2v) is 5.67. The number of para-hydroxylation sites is 1. The van der Waals surface area contributed by atoms with Crippen molar-refractivity contribution in [2.75, 3.05) is 0 Å². The second-order valence-electron chi connectivity index (χ2n) is 5.67. The highest BCUT2D eigenvalue weighted by molar-refractivity contribution is 5.90. The summed E-state index contributed by atoms with van der Waals surface area (Å²) in [7, 11) is 0. The van der Waals surface area contributed by atoms with Crippen LogP contribution >= 0.6 is 0 Å². The molecule has 1 heterocycles. The van der Waals surface area contributed by atoms with E-state index in [4.69, 9.17) is 0 Å². The Labute approximate surface area is 139 Å². The van der Waals surface area contributed by atoms with Crippen LogP contribution < -0.4 is 10.4 Å². The van der Waals surface area contributed by atoms with E-state index in [9.17, 15) is 14.7 Å². The van der Waals surface area contributed by atoms with Gasteiger partial charge < -0.3 is 20.2 Å². The van der Waals surface area contributed by atoms with Gasteiger partial charge in [0.25, 0.3) is 0 Å². The molecule has 0 aliphatic heterocycles. The number of carboxylic acids is 1.